The Morgan fingerprint density at radius 1 is 1.55 bits per heavy atom. The second-order valence-electron chi connectivity index (χ2n) is 5.13. The number of anilines is 2. The molecular weight excluding hydrogens is 254 g/mol. The summed E-state index contributed by atoms with van der Waals surface area (Å²) in [5.74, 6) is 0.0233. The lowest BCUT2D eigenvalue weighted by molar-refractivity contribution is -0.117. The van der Waals surface area contributed by atoms with Crippen LogP contribution in [0.1, 0.15) is 19.8 Å². The van der Waals surface area contributed by atoms with Crippen molar-refractivity contribution in [3.63, 3.8) is 0 Å². The molecule has 1 unspecified atom stereocenters. The first-order valence-electron chi connectivity index (χ1n) is 7.16. The Balaban J connectivity index is 1.75. The van der Waals surface area contributed by atoms with Crippen LogP contribution in [0.15, 0.2) is 24.3 Å². The molecule has 1 saturated heterocycles. The van der Waals surface area contributed by atoms with E-state index >= 15 is 0 Å². The minimum atomic E-state index is 0.0233. The van der Waals surface area contributed by atoms with Crippen LogP contribution in [0.4, 0.5) is 11.4 Å². The van der Waals surface area contributed by atoms with Crippen molar-refractivity contribution in [3.05, 3.63) is 24.3 Å². The molecule has 1 atom stereocenters. The summed E-state index contributed by atoms with van der Waals surface area (Å²) in [6, 6.07) is 7.24. The van der Waals surface area contributed by atoms with E-state index in [4.69, 9.17) is 10.5 Å². The van der Waals surface area contributed by atoms with Gasteiger partial charge in [0, 0.05) is 37.4 Å². The Morgan fingerprint density at radius 2 is 2.40 bits per heavy atom. The van der Waals surface area contributed by atoms with Crippen molar-refractivity contribution in [2.45, 2.75) is 25.9 Å². The van der Waals surface area contributed by atoms with E-state index in [0.717, 1.165) is 38.3 Å². The van der Waals surface area contributed by atoms with Crippen LogP contribution in [0.5, 0.6) is 0 Å². The summed E-state index contributed by atoms with van der Waals surface area (Å²) in [4.78, 5) is 14.2. The van der Waals surface area contributed by atoms with Gasteiger partial charge < -0.3 is 15.8 Å². The maximum atomic E-state index is 11.9. The van der Waals surface area contributed by atoms with Crippen LogP contribution in [-0.4, -0.2) is 43.2 Å². The zero-order valence-electron chi connectivity index (χ0n) is 12.0. The van der Waals surface area contributed by atoms with Crippen LogP contribution >= 0.6 is 0 Å². The predicted molar refractivity (Wildman–Crippen MR) is 80.6 cm³/mol. The fraction of sp³-hybridized carbons (Fsp3) is 0.533. The summed E-state index contributed by atoms with van der Waals surface area (Å²) in [5.41, 5.74) is 7.09. The molecule has 1 aromatic rings. The van der Waals surface area contributed by atoms with Crippen molar-refractivity contribution in [3.8, 4) is 0 Å². The normalized spacial score (nSPS) is 19.8. The zero-order chi connectivity index (χ0) is 14.4. The third-order valence-electron chi connectivity index (χ3n) is 3.50. The molecule has 0 bridgehead atoms. The van der Waals surface area contributed by atoms with Crippen molar-refractivity contribution in [2.75, 3.05) is 37.3 Å². The monoisotopic (exact) mass is 277 g/mol. The second-order valence-corrected chi connectivity index (χ2v) is 5.13. The number of ether oxygens (including phenoxy) is 1. The number of nitrogens with one attached hydrogen (secondary N) is 1. The first-order chi connectivity index (χ1) is 9.67. The van der Waals surface area contributed by atoms with Gasteiger partial charge in [0.15, 0.2) is 0 Å². The molecule has 5 nitrogen and oxygen atoms in total. The van der Waals surface area contributed by atoms with Crippen LogP contribution < -0.4 is 11.1 Å². The van der Waals surface area contributed by atoms with Crippen LogP contribution in [0.2, 0.25) is 0 Å². The lowest BCUT2D eigenvalue weighted by Crippen LogP contribution is -2.43. The third kappa shape index (κ3) is 4.51. The Morgan fingerprint density at radius 3 is 3.15 bits per heavy atom. The number of nitrogens with zero attached hydrogens (tertiary/aromatic N) is 1. The minimum absolute atomic E-state index is 0.0233. The fourth-order valence-corrected chi connectivity index (χ4v) is 2.33. The van der Waals surface area contributed by atoms with E-state index in [1.165, 1.54) is 0 Å². The summed E-state index contributed by atoms with van der Waals surface area (Å²) in [7, 11) is 0. The minimum Gasteiger partial charge on any atom is -0.399 e. The first kappa shape index (κ1) is 14.8. The highest BCUT2D eigenvalue weighted by Gasteiger charge is 2.19. The molecule has 1 heterocycles. The predicted octanol–water partition coefficient (Wildman–Crippen LogP) is 1.71. The number of nitrogen functional groups attached to an aromatic ring is 1. The van der Waals surface area contributed by atoms with Crippen LogP contribution in [0, 0.1) is 0 Å². The second kappa shape index (κ2) is 7.26. The van der Waals surface area contributed by atoms with Crippen LogP contribution in [0.25, 0.3) is 0 Å². The maximum Gasteiger partial charge on any atom is 0.225 e. The van der Waals surface area contributed by atoms with Gasteiger partial charge >= 0.3 is 0 Å². The van der Waals surface area contributed by atoms with Gasteiger partial charge in [0.1, 0.15) is 0 Å². The third-order valence-corrected chi connectivity index (χ3v) is 3.50. The van der Waals surface area contributed by atoms with Crippen molar-refractivity contribution in [1.29, 1.82) is 0 Å². The topological polar surface area (TPSA) is 67.6 Å². The Labute approximate surface area is 120 Å². The molecule has 0 radical (unpaired) electrons. The number of benzene rings is 1. The highest BCUT2D eigenvalue weighted by molar-refractivity contribution is 5.91. The van der Waals surface area contributed by atoms with Gasteiger partial charge in [-0.25, -0.2) is 0 Å². The molecule has 1 amide bonds. The molecule has 1 aliphatic heterocycles. The number of carbonyl (C=O) groups is 1. The molecule has 0 saturated carbocycles. The van der Waals surface area contributed by atoms with Crippen molar-refractivity contribution >= 4 is 17.3 Å². The molecule has 0 aliphatic carbocycles. The standard InChI is InChI=1S/C15H23N3O2/c1-2-14-11-18(8-9-20-14)7-6-15(19)17-13-5-3-4-12(16)10-13/h3-5,10,14H,2,6-9,11,16H2,1H3,(H,17,19). The Bertz CT molecular complexity index is 450. The number of nitrogens with two attached hydrogens (primary N) is 1. The van der Waals surface area contributed by atoms with Gasteiger partial charge in [-0.2, -0.15) is 0 Å². The summed E-state index contributed by atoms with van der Waals surface area (Å²) >= 11 is 0. The van der Waals surface area contributed by atoms with Gasteiger partial charge in [-0.3, -0.25) is 9.69 Å². The molecule has 110 valence electrons. The fourth-order valence-electron chi connectivity index (χ4n) is 2.33. The van der Waals surface area contributed by atoms with Gasteiger partial charge in [-0.1, -0.05) is 13.0 Å². The van der Waals surface area contributed by atoms with Gasteiger partial charge in [-0.05, 0) is 24.6 Å². The van der Waals surface area contributed by atoms with Crippen LogP contribution in [-0.2, 0) is 9.53 Å². The summed E-state index contributed by atoms with van der Waals surface area (Å²) in [6.07, 6.45) is 1.82. The van der Waals surface area contributed by atoms with Crippen molar-refractivity contribution in [2.24, 2.45) is 0 Å². The quantitative estimate of drug-likeness (QED) is 0.804. The molecule has 0 aromatic heterocycles. The van der Waals surface area contributed by atoms with E-state index in [2.05, 4.69) is 17.1 Å². The van der Waals surface area contributed by atoms with Gasteiger partial charge in [0.05, 0.1) is 12.7 Å². The number of hydrogen-bond acceptors (Lipinski definition) is 4. The number of rotatable bonds is 5. The van der Waals surface area contributed by atoms with E-state index in [9.17, 15) is 4.79 Å². The maximum absolute atomic E-state index is 11.9. The average Bonchev–Trinajstić information content (AvgIpc) is 2.45. The summed E-state index contributed by atoms with van der Waals surface area (Å²) < 4.78 is 5.62. The average molecular weight is 277 g/mol. The van der Waals surface area contributed by atoms with Gasteiger partial charge in [0.2, 0.25) is 5.91 Å². The summed E-state index contributed by atoms with van der Waals surface area (Å²) in [5, 5.41) is 2.87. The highest BCUT2D eigenvalue weighted by atomic mass is 16.5. The largest absolute Gasteiger partial charge is 0.399 e. The van der Waals surface area contributed by atoms with E-state index < -0.39 is 0 Å². The number of amides is 1. The molecule has 1 fully saturated rings. The van der Waals surface area contributed by atoms with Crippen molar-refractivity contribution in [1.82, 2.24) is 4.90 Å². The van der Waals surface area contributed by atoms with Gasteiger partial charge in [0.25, 0.3) is 0 Å². The number of morpholine rings is 1. The lowest BCUT2D eigenvalue weighted by atomic mass is 10.2. The molecule has 5 heteroatoms. The van der Waals surface area contributed by atoms with Crippen LogP contribution in [0.3, 0.4) is 0 Å². The molecule has 1 aromatic carbocycles. The summed E-state index contributed by atoms with van der Waals surface area (Å²) in [6.45, 7) is 5.48. The lowest BCUT2D eigenvalue weighted by Gasteiger charge is -2.32. The SMILES string of the molecule is CCC1CN(CCC(=O)Nc2cccc(N)c2)CCO1. The molecule has 20 heavy (non-hydrogen) atoms. The molecular formula is C15H23N3O2. The smallest absolute Gasteiger partial charge is 0.225 e. The Kier molecular flexibility index (Phi) is 5.38. The zero-order valence-corrected chi connectivity index (χ0v) is 12.0. The number of hydrogen-bond donors (Lipinski definition) is 2. The van der Waals surface area contributed by atoms with Gasteiger partial charge in [-0.15, -0.1) is 0 Å². The van der Waals surface area contributed by atoms with E-state index in [1.807, 2.05) is 12.1 Å². The molecule has 3 N–H and O–H groups in total. The molecule has 2 rings (SSSR count). The van der Waals surface area contributed by atoms with E-state index in [1.54, 1.807) is 12.1 Å². The molecule has 1 aliphatic rings. The number of carbonyl (C=O) groups excluding carboxylic acids is 1. The highest BCUT2D eigenvalue weighted by Crippen LogP contribution is 2.12. The van der Waals surface area contributed by atoms with Crippen molar-refractivity contribution < 1.29 is 9.53 Å². The molecule has 0 spiro atoms. The Hall–Kier alpha value is -1.59. The van der Waals surface area contributed by atoms with E-state index in [0.29, 0.717) is 18.2 Å². The van der Waals surface area contributed by atoms with E-state index in [-0.39, 0.29) is 5.91 Å². The first-order valence-corrected chi connectivity index (χ1v) is 7.16.